The smallest absolute Gasteiger partial charge is 0.234 e. The maximum Gasteiger partial charge on any atom is 0.234 e. The second-order valence-corrected chi connectivity index (χ2v) is 5.78. The van der Waals surface area contributed by atoms with E-state index in [1.165, 1.54) is 0 Å². The number of aromatic nitrogens is 2. The number of carbonyl (C=O) groups excluding carboxylic acids is 1. The van der Waals surface area contributed by atoms with Crippen molar-refractivity contribution in [2.75, 3.05) is 13.2 Å². The van der Waals surface area contributed by atoms with Crippen molar-refractivity contribution in [2.45, 2.75) is 46.0 Å². The molecule has 0 unspecified atom stereocenters. The van der Waals surface area contributed by atoms with Gasteiger partial charge in [-0.15, -0.1) is 0 Å². The molecule has 0 aromatic carbocycles. The second kappa shape index (κ2) is 5.18. The number of hydrogen-bond donors (Lipinski definition) is 0. The van der Waals surface area contributed by atoms with Gasteiger partial charge in [-0.3, -0.25) is 4.79 Å². The molecule has 1 aliphatic heterocycles. The molecule has 0 saturated carbocycles. The summed E-state index contributed by atoms with van der Waals surface area (Å²) in [6, 6.07) is 0. The first-order valence-electron chi connectivity index (χ1n) is 6.40. The van der Waals surface area contributed by atoms with Crippen LogP contribution in [0.25, 0.3) is 0 Å². The zero-order chi connectivity index (χ0) is 13.2. The van der Waals surface area contributed by atoms with Crippen LogP contribution in [0.4, 0.5) is 0 Å². The van der Waals surface area contributed by atoms with Gasteiger partial charge in [-0.1, -0.05) is 25.9 Å². The largest absolute Gasteiger partial charge is 0.381 e. The molecule has 1 saturated heterocycles. The van der Waals surface area contributed by atoms with Gasteiger partial charge in [-0.2, -0.15) is 4.98 Å². The van der Waals surface area contributed by atoms with Crippen LogP contribution in [0.15, 0.2) is 4.52 Å². The van der Waals surface area contributed by atoms with Gasteiger partial charge in [0.05, 0.1) is 6.42 Å². The number of hydrogen-bond acceptors (Lipinski definition) is 5. The number of carbonyl (C=O) groups is 1. The maximum atomic E-state index is 11.9. The second-order valence-electron chi connectivity index (χ2n) is 5.78. The molecule has 0 radical (unpaired) electrons. The summed E-state index contributed by atoms with van der Waals surface area (Å²) in [4.78, 5) is 16.2. The van der Waals surface area contributed by atoms with Crippen LogP contribution >= 0.6 is 0 Å². The SMILES string of the molecule is CC(C)(C)C(=O)Cc1nc(C2CCOCC2)no1. The number of ketones is 1. The van der Waals surface area contributed by atoms with E-state index in [2.05, 4.69) is 10.1 Å². The fourth-order valence-electron chi connectivity index (χ4n) is 1.86. The van der Waals surface area contributed by atoms with E-state index in [9.17, 15) is 4.79 Å². The minimum Gasteiger partial charge on any atom is -0.381 e. The average molecular weight is 252 g/mol. The van der Waals surface area contributed by atoms with Crippen LogP contribution in [0.3, 0.4) is 0 Å². The van der Waals surface area contributed by atoms with E-state index in [0.717, 1.165) is 31.9 Å². The highest BCUT2D eigenvalue weighted by atomic mass is 16.5. The van der Waals surface area contributed by atoms with E-state index in [0.29, 0.717) is 11.8 Å². The predicted molar refractivity (Wildman–Crippen MR) is 65.3 cm³/mol. The van der Waals surface area contributed by atoms with Crippen molar-refractivity contribution in [1.29, 1.82) is 0 Å². The zero-order valence-corrected chi connectivity index (χ0v) is 11.2. The molecular formula is C13H20N2O3. The van der Waals surface area contributed by atoms with Crippen LogP contribution in [-0.4, -0.2) is 29.1 Å². The van der Waals surface area contributed by atoms with Crippen molar-refractivity contribution in [3.8, 4) is 0 Å². The summed E-state index contributed by atoms with van der Waals surface area (Å²) in [5.41, 5.74) is -0.368. The molecule has 1 aromatic heterocycles. The molecule has 0 amide bonds. The van der Waals surface area contributed by atoms with Gasteiger partial charge in [-0.05, 0) is 12.8 Å². The number of ether oxygens (including phenoxy) is 1. The molecule has 2 rings (SSSR count). The first-order chi connectivity index (χ1) is 8.47. The molecule has 1 fully saturated rings. The van der Waals surface area contributed by atoms with E-state index in [1.807, 2.05) is 20.8 Å². The molecule has 0 atom stereocenters. The molecule has 1 aliphatic rings. The minimum absolute atomic E-state index is 0.115. The van der Waals surface area contributed by atoms with Gasteiger partial charge in [-0.25, -0.2) is 0 Å². The molecule has 2 heterocycles. The Labute approximate surface area is 107 Å². The lowest BCUT2D eigenvalue weighted by Crippen LogP contribution is -2.22. The maximum absolute atomic E-state index is 11.9. The molecule has 1 aromatic rings. The van der Waals surface area contributed by atoms with Gasteiger partial charge in [0.2, 0.25) is 5.89 Å². The molecule has 0 spiro atoms. The van der Waals surface area contributed by atoms with E-state index >= 15 is 0 Å². The first kappa shape index (κ1) is 13.2. The quantitative estimate of drug-likeness (QED) is 0.824. The highest BCUT2D eigenvalue weighted by Crippen LogP contribution is 2.25. The van der Waals surface area contributed by atoms with Crippen LogP contribution in [0.5, 0.6) is 0 Å². The third kappa shape index (κ3) is 3.16. The topological polar surface area (TPSA) is 65.2 Å². The van der Waals surface area contributed by atoms with Crippen LogP contribution in [-0.2, 0) is 16.0 Å². The van der Waals surface area contributed by atoms with Crippen LogP contribution in [0, 0.1) is 5.41 Å². The van der Waals surface area contributed by atoms with Crippen molar-refractivity contribution >= 4 is 5.78 Å². The van der Waals surface area contributed by atoms with E-state index < -0.39 is 0 Å². The van der Waals surface area contributed by atoms with E-state index in [1.54, 1.807) is 0 Å². The van der Waals surface area contributed by atoms with Crippen molar-refractivity contribution in [3.05, 3.63) is 11.7 Å². The molecule has 18 heavy (non-hydrogen) atoms. The van der Waals surface area contributed by atoms with Crippen molar-refractivity contribution in [2.24, 2.45) is 5.41 Å². The third-order valence-corrected chi connectivity index (χ3v) is 3.22. The molecule has 5 nitrogen and oxygen atoms in total. The molecule has 5 heteroatoms. The Morgan fingerprint density at radius 1 is 1.33 bits per heavy atom. The van der Waals surface area contributed by atoms with Crippen LogP contribution < -0.4 is 0 Å². The highest BCUT2D eigenvalue weighted by Gasteiger charge is 2.25. The zero-order valence-electron chi connectivity index (χ0n) is 11.2. The number of rotatable bonds is 3. The fourth-order valence-corrected chi connectivity index (χ4v) is 1.86. The lowest BCUT2D eigenvalue weighted by Gasteiger charge is -2.18. The van der Waals surface area contributed by atoms with Crippen LogP contribution in [0.2, 0.25) is 0 Å². The van der Waals surface area contributed by atoms with Gasteiger partial charge in [0.1, 0.15) is 5.78 Å². The van der Waals surface area contributed by atoms with Gasteiger partial charge < -0.3 is 9.26 Å². The van der Waals surface area contributed by atoms with E-state index in [4.69, 9.17) is 9.26 Å². The summed E-state index contributed by atoms with van der Waals surface area (Å²) in [5, 5.41) is 3.98. The van der Waals surface area contributed by atoms with Gasteiger partial charge in [0, 0.05) is 24.5 Å². The summed E-state index contributed by atoms with van der Waals surface area (Å²) < 4.78 is 10.5. The summed E-state index contributed by atoms with van der Waals surface area (Å²) in [5.74, 6) is 1.57. The molecule has 100 valence electrons. The molecule has 0 aliphatic carbocycles. The van der Waals surface area contributed by atoms with Gasteiger partial charge in [0.15, 0.2) is 5.82 Å². The molecule has 0 bridgehead atoms. The summed E-state index contributed by atoms with van der Waals surface area (Å²) in [7, 11) is 0. The summed E-state index contributed by atoms with van der Waals surface area (Å²) in [6.07, 6.45) is 2.07. The molecular weight excluding hydrogens is 232 g/mol. The average Bonchev–Trinajstić information content (AvgIpc) is 2.77. The third-order valence-electron chi connectivity index (χ3n) is 3.22. The molecule has 0 N–H and O–H groups in total. The summed E-state index contributed by atoms with van der Waals surface area (Å²) >= 11 is 0. The predicted octanol–water partition coefficient (Wildman–Crippen LogP) is 2.12. The van der Waals surface area contributed by atoms with Crippen molar-refractivity contribution in [1.82, 2.24) is 10.1 Å². The highest BCUT2D eigenvalue weighted by molar-refractivity contribution is 5.84. The fraction of sp³-hybridized carbons (Fsp3) is 0.769. The van der Waals surface area contributed by atoms with Gasteiger partial charge >= 0.3 is 0 Å². The number of nitrogens with zero attached hydrogens (tertiary/aromatic N) is 2. The first-order valence-corrected chi connectivity index (χ1v) is 6.40. The normalized spacial score (nSPS) is 17.9. The lowest BCUT2D eigenvalue weighted by atomic mass is 9.89. The minimum atomic E-state index is -0.368. The Morgan fingerprint density at radius 2 is 2.00 bits per heavy atom. The summed E-state index contributed by atoms with van der Waals surface area (Å²) in [6.45, 7) is 7.17. The monoisotopic (exact) mass is 252 g/mol. The van der Waals surface area contributed by atoms with E-state index in [-0.39, 0.29) is 17.6 Å². The standard InChI is InChI=1S/C13H20N2O3/c1-13(2,3)10(16)8-11-14-12(15-18-11)9-4-6-17-7-5-9/h9H,4-8H2,1-3H3. The lowest BCUT2D eigenvalue weighted by molar-refractivity contribution is -0.125. The Bertz CT molecular complexity index is 414. The van der Waals surface area contributed by atoms with Crippen LogP contribution in [0.1, 0.15) is 51.2 Å². The van der Waals surface area contributed by atoms with Gasteiger partial charge in [0.25, 0.3) is 0 Å². The Morgan fingerprint density at radius 3 is 2.61 bits per heavy atom. The Balaban J connectivity index is 1.99. The number of Topliss-reactive ketones (excluding diaryl/α,β-unsaturated/α-hetero) is 1. The Hall–Kier alpha value is -1.23. The van der Waals surface area contributed by atoms with Crippen molar-refractivity contribution in [3.63, 3.8) is 0 Å². The van der Waals surface area contributed by atoms with Crippen molar-refractivity contribution < 1.29 is 14.1 Å². The Kier molecular flexibility index (Phi) is 3.80.